The van der Waals surface area contributed by atoms with Gasteiger partial charge in [0.25, 0.3) is 5.91 Å². The van der Waals surface area contributed by atoms with Crippen LogP contribution in [0.1, 0.15) is 23.2 Å². The van der Waals surface area contributed by atoms with Crippen LogP contribution < -0.4 is 11.1 Å². The Morgan fingerprint density at radius 1 is 1.33 bits per heavy atom. The van der Waals surface area contributed by atoms with Crippen molar-refractivity contribution < 1.29 is 4.79 Å². The third kappa shape index (κ3) is 2.07. The molecule has 4 nitrogen and oxygen atoms in total. The molecule has 0 bridgehead atoms. The van der Waals surface area contributed by atoms with E-state index in [1.807, 2.05) is 30.3 Å². The Labute approximate surface area is 105 Å². The van der Waals surface area contributed by atoms with Crippen LogP contribution in [0.4, 0.5) is 0 Å². The van der Waals surface area contributed by atoms with Crippen molar-refractivity contribution in [2.24, 2.45) is 5.73 Å². The van der Waals surface area contributed by atoms with Gasteiger partial charge in [0.2, 0.25) is 0 Å². The third-order valence-electron chi connectivity index (χ3n) is 3.36. The van der Waals surface area contributed by atoms with Crippen LogP contribution in [0.15, 0.2) is 36.5 Å². The normalized spacial score (nSPS) is 22.5. The second kappa shape index (κ2) is 4.38. The number of hydrogen-bond donors (Lipinski definition) is 2. The Bertz CT molecular complexity index is 590. The third-order valence-corrected chi connectivity index (χ3v) is 3.36. The summed E-state index contributed by atoms with van der Waals surface area (Å²) < 4.78 is 0. The van der Waals surface area contributed by atoms with E-state index in [4.69, 9.17) is 5.73 Å². The van der Waals surface area contributed by atoms with Crippen LogP contribution >= 0.6 is 0 Å². The lowest BCUT2D eigenvalue weighted by Gasteiger charge is -2.32. The summed E-state index contributed by atoms with van der Waals surface area (Å²) in [7, 11) is 0. The molecule has 0 atom stereocenters. The van der Waals surface area contributed by atoms with Gasteiger partial charge in [-0.25, -0.2) is 0 Å². The monoisotopic (exact) mass is 241 g/mol. The summed E-state index contributed by atoms with van der Waals surface area (Å²) in [6.07, 6.45) is 3.36. The van der Waals surface area contributed by atoms with E-state index in [0.29, 0.717) is 5.56 Å². The van der Waals surface area contributed by atoms with Crippen molar-refractivity contribution in [3.8, 4) is 0 Å². The number of nitrogens with two attached hydrogens (primary N) is 1. The molecular weight excluding hydrogens is 226 g/mol. The molecule has 1 heterocycles. The number of amides is 1. The molecule has 18 heavy (non-hydrogen) atoms. The zero-order valence-electron chi connectivity index (χ0n) is 9.97. The van der Waals surface area contributed by atoms with Gasteiger partial charge in [0.1, 0.15) is 0 Å². The highest BCUT2D eigenvalue weighted by molar-refractivity contribution is 5.97. The number of rotatable bonds is 2. The van der Waals surface area contributed by atoms with E-state index in [0.717, 1.165) is 23.7 Å². The molecule has 3 N–H and O–H groups in total. The molecule has 0 aliphatic heterocycles. The molecule has 0 radical (unpaired) electrons. The molecule has 1 aliphatic carbocycles. The maximum absolute atomic E-state index is 12.0. The molecule has 2 aromatic rings. The Morgan fingerprint density at radius 2 is 2.11 bits per heavy atom. The molecule has 1 fully saturated rings. The number of nitrogens with zero attached hydrogens (tertiary/aromatic N) is 1. The fraction of sp³-hybridized carbons (Fsp3) is 0.286. The van der Waals surface area contributed by atoms with Gasteiger partial charge in [0.05, 0.1) is 11.1 Å². The van der Waals surface area contributed by atoms with Crippen LogP contribution in [0.25, 0.3) is 10.9 Å². The van der Waals surface area contributed by atoms with Gasteiger partial charge in [0, 0.05) is 23.7 Å². The average Bonchev–Trinajstić information content (AvgIpc) is 2.36. The molecule has 0 spiro atoms. The molecule has 1 amide bonds. The predicted octanol–water partition coefficient (Wildman–Crippen LogP) is 1.45. The minimum absolute atomic E-state index is 0.0647. The molecule has 0 unspecified atom stereocenters. The fourth-order valence-electron chi connectivity index (χ4n) is 2.24. The van der Waals surface area contributed by atoms with Gasteiger partial charge < -0.3 is 11.1 Å². The van der Waals surface area contributed by atoms with Crippen molar-refractivity contribution in [1.29, 1.82) is 0 Å². The summed E-state index contributed by atoms with van der Waals surface area (Å²) in [6, 6.07) is 10.1. The van der Waals surface area contributed by atoms with Gasteiger partial charge in [-0.15, -0.1) is 0 Å². The van der Waals surface area contributed by atoms with Crippen molar-refractivity contribution in [3.63, 3.8) is 0 Å². The van der Waals surface area contributed by atoms with Gasteiger partial charge in [-0.2, -0.15) is 0 Å². The smallest absolute Gasteiger partial charge is 0.253 e. The molecule has 0 saturated heterocycles. The Balaban J connectivity index is 1.79. The van der Waals surface area contributed by atoms with E-state index >= 15 is 0 Å². The molecule has 1 aromatic carbocycles. The lowest BCUT2D eigenvalue weighted by molar-refractivity contribution is 0.0910. The van der Waals surface area contributed by atoms with Gasteiger partial charge in [0.15, 0.2) is 0 Å². The maximum Gasteiger partial charge on any atom is 0.253 e. The van der Waals surface area contributed by atoms with Gasteiger partial charge in [-0.3, -0.25) is 9.78 Å². The van der Waals surface area contributed by atoms with E-state index in [9.17, 15) is 4.79 Å². The fourth-order valence-corrected chi connectivity index (χ4v) is 2.24. The number of carbonyl (C=O) groups is 1. The van der Waals surface area contributed by atoms with Crippen LogP contribution in [-0.4, -0.2) is 23.0 Å². The predicted molar refractivity (Wildman–Crippen MR) is 70.2 cm³/mol. The maximum atomic E-state index is 12.0. The van der Waals surface area contributed by atoms with E-state index in [2.05, 4.69) is 10.3 Å². The number of fused-ring (bicyclic) bond motifs is 1. The number of benzene rings is 1. The van der Waals surface area contributed by atoms with E-state index in [1.165, 1.54) is 0 Å². The summed E-state index contributed by atoms with van der Waals surface area (Å²) in [6.45, 7) is 0. The number of pyridine rings is 1. The van der Waals surface area contributed by atoms with Crippen molar-refractivity contribution >= 4 is 16.8 Å². The Kier molecular flexibility index (Phi) is 2.72. The van der Waals surface area contributed by atoms with Crippen LogP contribution in [0.3, 0.4) is 0 Å². The SMILES string of the molecule is NC1CC(NC(=O)c2cnc3ccccc3c2)C1. The second-order valence-electron chi connectivity index (χ2n) is 4.82. The van der Waals surface area contributed by atoms with Crippen molar-refractivity contribution in [3.05, 3.63) is 42.1 Å². The number of carbonyl (C=O) groups excluding carboxylic acids is 1. The van der Waals surface area contributed by atoms with Crippen LogP contribution in [0.2, 0.25) is 0 Å². The number of para-hydroxylation sites is 1. The molecule has 1 aromatic heterocycles. The standard InChI is InChI=1S/C14H15N3O/c15-11-6-12(7-11)17-14(18)10-5-9-3-1-2-4-13(9)16-8-10/h1-5,8,11-12H,6-7,15H2,(H,17,18). The summed E-state index contributed by atoms with van der Waals surface area (Å²) in [5, 5.41) is 3.95. The van der Waals surface area contributed by atoms with Gasteiger partial charge >= 0.3 is 0 Å². The molecular formula is C14H15N3O. The Hall–Kier alpha value is -1.94. The second-order valence-corrected chi connectivity index (χ2v) is 4.82. The number of aromatic nitrogens is 1. The summed E-state index contributed by atoms with van der Waals surface area (Å²) >= 11 is 0. The first-order valence-electron chi connectivity index (χ1n) is 6.13. The first kappa shape index (κ1) is 11.2. The topological polar surface area (TPSA) is 68.0 Å². The molecule has 92 valence electrons. The summed E-state index contributed by atoms with van der Waals surface area (Å²) in [4.78, 5) is 16.3. The van der Waals surface area contributed by atoms with Crippen LogP contribution in [0, 0.1) is 0 Å². The largest absolute Gasteiger partial charge is 0.349 e. The van der Waals surface area contributed by atoms with E-state index < -0.39 is 0 Å². The zero-order valence-corrected chi connectivity index (χ0v) is 9.97. The first-order valence-corrected chi connectivity index (χ1v) is 6.13. The van der Waals surface area contributed by atoms with E-state index in [1.54, 1.807) is 6.20 Å². The van der Waals surface area contributed by atoms with Crippen LogP contribution in [0.5, 0.6) is 0 Å². The van der Waals surface area contributed by atoms with Gasteiger partial charge in [-0.1, -0.05) is 18.2 Å². The highest BCUT2D eigenvalue weighted by atomic mass is 16.1. The number of nitrogens with one attached hydrogen (secondary N) is 1. The average molecular weight is 241 g/mol. The molecule has 3 rings (SSSR count). The summed E-state index contributed by atoms with van der Waals surface area (Å²) in [5.74, 6) is -0.0647. The minimum atomic E-state index is -0.0647. The van der Waals surface area contributed by atoms with Crippen molar-refractivity contribution in [2.45, 2.75) is 24.9 Å². The molecule has 1 aliphatic rings. The quantitative estimate of drug-likeness (QED) is 0.836. The zero-order chi connectivity index (χ0) is 12.5. The lowest BCUT2D eigenvalue weighted by Crippen LogP contribution is -2.50. The number of hydrogen-bond acceptors (Lipinski definition) is 3. The first-order chi connectivity index (χ1) is 8.72. The minimum Gasteiger partial charge on any atom is -0.349 e. The summed E-state index contributed by atoms with van der Waals surface area (Å²) in [5.41, 5.74) is 7.20. The van der Waals surface area contributed by atoms with Gasteiger partial charge in [-0.05, 0) is 25.0 Å². The highest BCUT2D eigenvalue weighted by Gasteiger charge is 2.27. The van der Waals surface area contributed by atoms with Crippen molar-refractivity contribution in [1.82, 2.24) is 10.3 Å². The highest BCUT2D eigenvalue weighted by Crippen LogP contribution is 2.18. The molecule has 1 saturated carbocycles. The Morgan fingerprint density at radius 3 is 2.89 bits per heavy atom. The van der Waals surface area contributed by atoms with Crippen LogP contribution in [-0.2, 0) is 0 Å². The van der Waals surface area contributed by atoms with E-state index in [-0.39, 0.29) is 18.0 Å². The van der Waals surface area contributed by atoms with Crippen molar-refractivity contribution in [2.75, 3.05) is 0 Å². The molecule has 4 heteroatoms. The lowest BCUT2D eigenvalue weighted by atomic mass is 9.87.